The van der Waals surface area contributed by atoms with Crippen LogP contribution in [0.25, 0.3) is 0 Å². The van der Waals surface area contributed by atoms with Gasteiger partial charge in [0, 0.05) is 0 Å². The van der Waals surface area contributed by atoms with Gasteiger partial charge in [-0.2, -0.15) is 4.89 Å². The first-order valence-electron chi connectivity index (χ1n) is 16.5. The Morgan fingerprint density at radius 1 is 0.551 bits per heavy atom. The Bertz CT molecular complexity index is 853. The molecule has 0 unspecified atom stereocenters. The fraction of sp³-hybridized carbons (Fsp3) is 0.929. The molecule has 1 saturated carbocycles. The van der Waals surface area contributed by atoms with Crippen LogP contribution in [-0.4, -0.2) is 34.7 Å². The maximum atomic E-state index is 11.8. The van der Waals surface area contributed by atoms with Gasteiger partial charge in [0.05, 0.1) is 16.2 Å². The summed E-state index contributed by atoms with van der Waals surface area (Å²) in [6.45, 7) is 35.1. The first-order valence-corrected chi connectivity index (χ1v) is 16.5. The van der Waals surface area contributed by atoms with Crippen LogP contribution in [0.1, 0.15) is 214 Å². The van der Waals surface area contributed by atoms with Gasteiger partial charge < -0.3 is 9.47 Å². The van der Waals surface area contributed by atoms with Crippen molar-refractivity contribution < 1.29 is 33.6 Å². The predicted molar refractivity (Wildman–Crippen MR) is 217 cm³/mol. The topological polar surface area (TPSA) is 88.1 Å². The normalized spacial score (nSPS) is 13.3. The van der Waals surface area contributed by atoms with Gasteiger partial charge >= 0.3 is 17.9 Å². The van der Waals surface area contributed by atoms with Crippen LogP contribution in [0.15, 0.2) is 0 Å². The third-order valence-electron chi connectivity index (χ3n) is 9.12. The van der Waals surface area contributed by atoms with E-state index in [0.717, 1.165) is 19.3 Å². The van der Waals surface area contributed by atoms with Gasteiger partial charge in [-0.1, -0.05) is 92.0 Å². The molecule has 1 aliphatic carbocycles. The molecular formula is C42H94O7. The molecule has 0 aromatic heterocycles. The second-order valence-electron chi connectivity index (χ2n) is 16.4. The summed E-state index contributed by atoms with van der Waals surface area (Å²) in [5.41, 5.74) is -2.30. The van der Waals surface area contributed by atoms with Gasteiger partial charge in [-0.3, -0.25) is 14.5 Å². The molecule has 304 valence electrons. The second kappa shape index (κ2) is 26.2. The van der Waals surface area contributed by atoms with E-state index in [-0.39, 0.29) is 90.1 Å². The number of carbonyl (C=O) groups excluding carboxylic acids is 3. The molecular weight excluding hydrogens is 616 g/mol. The molecule has 0 spiro atoms. The summed E-state index contributed by atoms with van der Waals surface area (Å²) in [6.07, 6.45) is 7.21. The Labute approximate surface area is 310 Å². The molecule has 0 N–H and O–H groups in total. The summed E-state index contributed by atoms with van der Waals surface area (Å²) in [6, 6.07) is 0. The summed E-state index contributed by atoms with van der Waals surface area (Å²) in [7, 11) is 0. The fourth-order valence-corrected chi connectivity index (χ4v) is 3.29. The Hall–Kier alpha value is -1.63. The van der Waals surface area contributed by atoms with Gasteiger partial charge in [0.15, 0.2) is 0 Å². The fourth-order valence-electron chi connectivity index (χ4n) is 3.29. The lowest BCUT2D eigenvalue weighted by Crippen LogP contribution is -2.38. The highest BCUT2D eigenvalue weighted by Gasteiger charge is 2.37. The zero-order valence-corrected chi connectivity index (χ0v) is 31.5. The first kappa shape index (κ1) is 65.7. The van der Waals surface area contributed by atoms with E-state index in [0.29, 0.717) is 11.8 Å². The van der Waals surface area contributed by atoms with Gasteiger partial charge in [-0.15, -0.1) is 0 Å². The van der Waals surface area contributed by atoms with Crippen LogP contribution in [0.4, 0.5) is 0 Å². The van der Waals surface area contributed by atoms with E-state index in [4.69, 9.17) is 19.2 Å². The number of ether oxygens (including phenoxy) is 2. The van der Waals surface area contributed by atoms with E-state index in [1.807, 2.05) is 111 Å². The molecule has 0 aromatic carbocycles. The quantitative estimate of drug-likeness (QED) is 0.120. The third-order valence-corrected chi connectivity index (χ3v) is 9.12. The summed E-state index contributed by atoms with van der Waals surface area (Å²) in [5, 5.41) is 0. The highest BCUT2D eigenvalue weighted by Crippen LogP contribution is 2.37. The molecule has 0 amide bonds. The lowest BCUT2D eigenvalue weighted by atomic mass is 9.89. The van der Waals surface area contributed by atoms with Crippen molar-refractivity contribution in [3.05, 3.63) is 0 Å². The first-order chi connectivity index (χ1) is 19.1. The van der Waals surface area contributed by atoms with Crippen molar-refractivity contribution in [3.8, 4) is 0 Å². The van der Waals surface area contributed by atoms with E-state index in [1.54, 1.807) is 0 Å². The Morgan fingerprint density at radius 3 is 1.14 bits per heavy atom. The van der Waals surface area contributed by atoms with Gasteiger partial charge in [-0.05, 0) is 134 Å². The largest absolute Gasteiger partial charge is 0.460 e. The number of rotatable bonds is 11. The van der Waals surface area contributed by atoms with Crippen molar-refractivity contribution in [2.75, 3.05) is 0 Å². The zero-order chi connectivity index (χ0) is 34.7. The molecule has 0 atom stereocenters. The van der Waals surface area contributed by atoms with Gasteiger partial charge in [-0.25, -0.2) is 4.79 Å². The van der Waals surface area contributed by atoms with Crippen molar-refractivity contribution in [2.24, 2.45) is 28.1 Å². The molecule has 0 saturated heterocycles. The molecule has 0 heterocycles. The smallest absolute Gasteiger partial charge is 0.347 e. The van der Waals surface area contributed by atoms with E-state index >= 15 is 0 Å². The molecule has 7 nitrogen and oxygen atoms in total. The Balaban J connectivity index is -0.0000000820. The molecule has 49 heavy (non-hydrogen) atoms. The van der Waals surface area contributed by atoms with Gasteiger partial charge in [0.25, 0.3) is 0 Å². The molecule has 0 aromatic rings. The lowest BCUT2D eigenvalue weighted by molar-refractivity contribution is -0.341. The van der Waals surface area contributed by atoms with Gasteiger partial charge in [0.1, 0.15) is 16.8 Å². The Kier molecular flexibility index (Phi) is 35.1. The SMILES string of the molecule is C.C.C.C.C.C.CCC(C)(C)C(=O)OC(C)(C)C.CCC(C)(C)C(=O)OC(C)(C)C(C)C.CCC(C)(C)C(=O)OOC(C)(C)C1CCCC1. The molecule has 0 aliphatic heterocycles. The van der Waals surface area contributed by atoms with Crippen LogP contribution in [0, 0.1) is 28.1 Å². The monoisotopic (exact) mass is 711 g/mol. The minimum absolute atomic E-state index is 0. The van der Waals surface area contributed by atoms with Crippen molar-refractivity contribution in [2.45, 2.75) is 231 Å². The van der Waals surface area contributed by atoms with E-state index in [1.165, 1.54) is 25.7 Å². The van der Waals surface area contributed by atoms with Crippen molar-refractivity contribution in [1.29, 1.82) is 0 Å². The standard InChI is InChI=1S/C14H26O3.C12H24O2.C10H20O2.6CH4/c1-6-13(2,3)12(15)16-17-14(4,5)11-9-7-8-10-11;1-8-11(4,5)10(13)14-12(6,7)9(2)3;1-7-10(5,6)8(11)12-9(2,3)4;;;;;;/h11H,6-10H2,1-5H3;9H,8H2,1-7H3;7H2,1-6H3;6*1H4. The third kappa shape index (κ3) is 25.0. The van der Waals surface area contributed by atoms with Crippen LogP contribution >= 0.6 is 0 Å². The number of hydrogen-bond donors (Lipinski definition) is 0. The minimum atomic E-state index is -0.467. The van der Waals surface area contributed by atoms with Crippen molar-refractivity contribution >= 4 is 17.9 Å². The maximum Gasteiger partial charge on any atom is 0.347 e. The number of hydrogen-bond acceptors (Lipinski definition) is 7. The highest BCUT2D eigenvalue weighted by atomic mass is 17.2. The predicted octanol–water partition coefficient (Wildman–Crippen LogP) is 13.8. The van der Waals surface area contributed by atoms with Crippen LogP contribution in [-0.2, 0) is 33.6 Å². The molecule has 1 aliphatic rings. The number of esters is 2. The van der Waals surface area contributed by atoms with E-state index in [9.17, 15) is 14.4 Å². The summed E-state index contributed by atoms with van der Waals surface area (Å²) >= 11 is 0. The maximum absolute atomic E-state index is 11.8. The summed E-state index contributed by atoms with van der Waals surface area (Å²) < 4.78 is 10.8. The molecule has 1 rings (SSSR count). The van der Waals surface area contributed by atoms with E-state index < -0.39 is 5.41 Å². The lowest BCUT2D eigenvalue weighted by Gasteiger charge is -2.33. The van der Waals surface area contributed by atoms with Gasteiger partial charge in [0.2, 0.25) is 0 Å². The molecule has 1 fully saturated rings. The average Bonchev–Trinajstić information content (AvgIpc) is 3.43. The van der Waals surface area contributed by atoms with Crippen molar-refractivity contribution in [1.82, 2.24) is 0 Å². The van der Waals surface area contributed by atoms with Crippen LogP contribution in [0.5, 0.6) is 0 Å². The summed E-state index contributed by atoms with van der Waals surface area (Å²) in [5.74, 6) is 0.349. The zero-order valence-electron chi connectivity index (χ0n) is 31.5. The van der Waals surface area contributed by atoms with E-state index in [2.05, 4.69) is 13.8 Å². The van der Waals surface area contributed by atoms with Crippen LogP contribution in [0.2, 0.25) is 0 Å². The molecule has 0 bridgehead atoms. The summed E-state index contributed by atoms with van der Waals surface area (Å²) in [4.78, 5) is 45.5. The van der Waals surface area contributed by atoms with Crippen LogP contribution in [0.3, 0.4) is 0 Å². The molecule has 0 radical (unpaired) electrons. The highest BCUT2D eigenvalue weighted by molar-refractivity contribution is 5.76. The second-order valence-corrected chi connectivity index (χ2v) is 16.4. The van der Waals surface area contributed by atoms with Crippen LogP contribution < -0.4 is 0 Å². The number of carbonyl (C=O) groups is 3. The Morgan fingerprint density at radius 2 is 0.857 bits per heavy atom. The van der Waals surface area contributed by atoms with Crippen molar-refractivity contribution in [3.63, 3.8) is 0 Å². The minimum Gasteiger partial charge on any atom is -0.460 e. The molecule has 7 heteroatoms. The average molecular weight is 711 g/mol.